The Morgan fingerprint density at radius 1 is 1.47 bits per heavy atom. The van der Waals surface area contributed by atoms with E-state index in [9.17, 15) is 9.59 Å². The number of aldehydes is 1. The molecule has 2 heterocycles. The Kier molecular flexibility index (Phi) is 2.63. The average molecular weight is 233 g/mol. The van der Waals surface area contributed by atoms with E-state index in [1.165, 1.54) is 11.6 Å². The first-order chi connectivity index (χ1) is 8.10. The van der Waals surface area contributed by atoms with Crippen molar-refractivity contribution in [2.24, 2.45) is 0 Å². The maximum atomic E-state index is 11.7. The van der Waals surface area contributed by atoms with E-state index in [2.05, 4.69) is 14.8 Å². The number of ether oxygens (including phenoxy) is 1. The van der Waals surface area contributed by atoms with E-state index in [1.807, 2.05) is 0 Å². The van der Waals surface area contributed by atoms with Crippen molar-refractivity contribution in [1.29, 1.82) is 0 Å². The largest absolute Gasteiger partial charge is 0.465 e. The van der Waals surface area contributed by atoms with Gasteiger partial charge in [0, 0.05) is 6.20 Å². The van der Waals surface area contributed by atoms with E-state index >= 15 is 0 Å². The van der Waals surface area contributed by atoms with Gasteiger partial charge in [0.2, 0.25) is 0 Å². The van der Waals surface area contributed by atoms with Gasteiger partial charge in [-0.2, -0.15) is 5.10 Å². The number of carbonyl (C=O) groups is 2. The van der Waals surface area contributed by atoms with Crippen LogP contribution < -0.4 is 0 Å². The van der Waals surface area contributed by atoms with Crippen LogP contribution in [0.3, 0.4) is 0 Å². The van der Waals surface area contributed by atoms with Crippen molar-refractivity contribution in [3.05, 3.63) is 28.8 Å². The molecule has 0 bridgehead atoms. The first-order valence-electron chi connectivity index (χ1n) is 4.98. The number of aryl methyl sites for hydroxylation is 2. The smallest absolute Gasteiger partial charge is 0.342 e. The van der Waals surface area contributed by atoms with Crippen LogP contribution in [0.4, 0.5) is 0 Å². The Bertz CT molecular complexity index is 616. The van der Waals surface area contributed by atoms with Crippen LogP contribution in [0.1, 0.15) is 32.2 Å². The third-order valence-corrected chi connectivity index (χ3v) is 2.54. The van der Waals surface area contributed by atoms with Crippen LogP contribution in [0.25, 0.3) is 5.52 Å². The number of aromatic nitrogens is 3. The predicted octanol–water partition coefficient (Wildman–Crippen LogP) is 0.945. The summed E-state index contributed by atoms with van der Waals surface area (Å²) in [4.78, 5) is 26.8. The summed E-state index contributed by atoms with van der Waals surface area (Å²) in [5.41, 5.74) is 2.10. The van der Waals surface area contributed by atoms with Crippen molar-refractivity contribution < 1.29 is 14.3 Å². The fourth-order valence-electron chi connectivity index (χ4n) is 1.72. The Balaban J connectivity index is 2.92. The molecule has 0 fully saturated rings. The first-order valence-corrected chi connectivity index (χ1v) is 4.98. The molecule has 0 unspecified atom stereocenters. The SMILES string of the molecule is COC(=O)c1c(C=O)nn2c(C)cnc(C)c12. The van der Waals surface area contributed by atoms with E-state index in [-0.39, 0.29) is 11.3 Å². The second kappa shape index (κ2) is 3.97. The Morgan fingerprint density at radius 2 is 2.18 bits per heavy atom. The molecule has 0 aromatic carbocycles. The number of hydrogen-bond acceptors (Lipinski definition) is 5. The van der Waals surface area contributed by atoms with Gasteiger partial charge < -0.3 is 4.74 Å². The molecule has 2 rings (SSSR count). The minimum Gasteiger partial charge on any atom is -0.465 e. The Hall–Kier alpha value is -2.24. The Labute approximate surface area is 97.2 Å². The lowest BCUT2D eigenvalue weighted by atomic mass is 10.2. The van der Waals surface area contributed by atoms with E-state index in [0.717, 1.165) is 5.69 Å². The number of esters is 1. The van der Waals surface area contributed by atoms with Gasteiger partial charge in [-0.25, -0.2) is 9.31 Å². The average Bonchev–Trinajstić information content (AvgIpc) is 2.73. The monoisotopic (exact) mass is 233 g/mol. The van der Waals surface area contributed by atoms with Gasteiger partial charge in [0.1, 0.15) is 16.8 Å². The number of nitrogens with zero attached hydrogens (tertiary/aromatic N) is 3. The highest BCUT2D eigenvalue weighted by Gasteiger charge is 2.22. The minimum absolute atomic E-state index is 0.0658. The van der Waals surface area contributed by atoms with Crippen LogP contribution in [0.5, 0.6) is 0 Å². The fraction of sp³-hybridized carbons (Fsp3) is 0.273. The van der Waals surface area contributed by atoms with Crippen molar-refractivity contribution in [2.45, 2.75) is 13.8 Å². The van der Waals surface area contributed by atoms with Gasteiger partial charge in [0.25, 0.3) is 0 Å². The van der Waals surface area contributed by atoms with Gasteiger partial charge in [-0.3, -0.25) is 9.78 Å². The molecule has 0 aliphatic heterocycles. The third kappa shape index (κ3) is 1.57. The fourth-order valence-corrected chi connectivity index (χ4v) is 1.72. The number of carbonyl (C=O) groups excluding carboxylic acids is 2. The van der Waals surface area contributed by atoms with Gasteiger partial charge >= 0.3 is 5.97 Å². The second-order valence-electron chi connectivity index (χ2n) is 3.62. The summed E-state index contributed by atoms with van der Waals surface area (Å²) in [6, 6.07) is 0. The van der Waals surface area contributed by atoms with Gasteiger partial charge in [-0.05, 0) is 13.8 Å². The van der Waals surface area contributed by atoms with Crippen LogP contribution in [0, 0.1) is 13.8 Å². The molecule has 88 valence electrons. The number of methoxy groups -OCH3 is 1. The van der Waals surface area contributed by atoms with Gasteiger partial charge in [-0.1, -0.05) is 0 Å². The lowest BCUT2D eigenvalue weighted by Gasteiger charge is -2.02. The molecule has 0 N–H and O–H groups in total. The highest BCUT2D eigenvalue weighted by atomic mass is 16.5. The number of rotatable bonds is 2. The van der Waals surface area contributed by atoms with Crippen molar-refractivity contribution >= 4 is 17.8 Å². The van der Waals surface area contributed by atoms with Crippen LogP contribution in [-0.2, 0) is 4.74 Å². The predicted molar refractivity (Wildman–Crippen MR) is 59.2 cm³/mol. The highest BCUT2D eigenvalue weighted by Crippen LogP contribution is 2.19. The summed E-state index contributed by atoms with van der Waals surface area (Å²) >= 11 is 0. The summed E-state index contributed by atoms with van der Waals surface area (Å²) in [5, 5.41) is 4.07. The van der Waals surface area contributed by atoms with Crippen molar-refractivity contribution in [2.75, 3.05) is 7.11 Å². The second-order valence-corrected chi connectivity index (χ2v) is 3.62. The van der Waals surface area contributed by atoms with Crippen LogP contribution in [-0.4, -0.2) is 34.0 Å². The lowest BCUT2D eigenvalue weighted by molar-refractivity contribution is 0.0600. The highest BCUT2D eigenvalue weighted by molar-refractivity contribution is 6.04. The van der Waals surface area contributed by atoms with Crippen LogP contribution in [0.2, 0.25) is 0 Å². The van der Waals surface area contributed by atoms with E-state index < -0.39 is 5.97 Å². The van der Waals surface area contributed by atoms with Gasteiger partial charge in [-0.15, -0.1) is 0 Å². The Morgan fingerprint density at radius 3 is 2.76 bits per heavy atom. The molecule has 0 saturated carbocycles. The zero-order valence-electron chi connectivity index (χ0n) is 9.72. The zero-order chi connectivity index (χ0) is 12.6. The molecule has 0 spiro atoms. The number of hydrogen-bond donors (Lipinski definition) is 0. The summed E-state index contributed by atoms with van der Waals surface area (Å²) in [7, 11) is 1.26. The molecular weight excluding hydrogens is 222 g/mol. The molecule has 6 nitrogen and oxygen atoms in total. The normalized spacial score (nSPS) is 10.5. The molecular formula is C11H11N3O3. The molecule has 0 saturated heterocycles. The molecule has 2 aromatic rings. The van der Waals surface area contributed by atoms with E-state index in [0.29, 0.717) is 17.5 Å². The van der Waals surface area contributed by atoms with Gasteiger partial charge in [0.05, 0.1) is 18.5 Å². The zero-order valence-corrected chi connectivity index (χ0v) is 9.72. The van der Waals surface area contributed by atoms with Crippen molar-refractivity contribution in [3.63, 3.8) is 0 Å². The third-order valence-electron chi connectivity index (χ3n) is 2.54. The summed E-state index contributed by atoms with van der Waals surface area (Å²) in [5.74, 6) is -0.586. The summed E-state index contributed by atoms with van der Waals surface area (Å²) in [6.45, 7) is 3.54. The molecule has 0 amide bonds. The van der Waals surface area contributed by atoms with E-state index in [4.69, 9.17) is 0 Å². The molecule has 0 aliphatic rings. The maximum absolute atomic E-state index is 11.7. The van der Waals surface area contributed by atoms with Gasteiger partial charge in [0.15, 0.2) is 6.29 Å². The minimum atomic E-state index is -0.586. The molecule has 2 aromatic heterocycles. The summed E-state index contributed by atoms with van der Waals surface area (Å²) in [6.07, 6.45) is 2.17. The summed E-state index contributed by atoms with van der Waals surface area (Å²) < 4.78 is 6.19. The number of fused-ring (bicyclic) bond motifs is 1. The molecule has 6 heteroatoms. The quantitative estimate of drug-likeness (QED) is 0.570. The van der Waals surface area contributed by atoms with Crippen molar-refractivity contribution in [1.82, 2.24) is 14.6 Å². The molecule has 17 heavy (non-hydrogen) atoms. The standard InChI is InChI=1S/C11H11N3O3/c1-6-4-12-7(2)10-9(11(16)17-3)8(5-15)13-14(6)10/h4-5H,1-3H3. The molecule has 0 atom stereocenters. The van der Waals surface area contributed by atoms with Crippen molar-refractivity contribution in [3.8, 4) is 0 Å². The van der Waals surface area contributed by atoms with E-state index in [1.54, 1.807) is 20.0 Å². The topological polar surface area (TPSA) is 73.6 Å². The molecule has 0 radical (unpaired) electrons. The molecule has 0 aliphatic carbocycles. The maximum Gasteiger partial charge on any atom is 0.342 e. The first kappa shape index (κ1) is 11.3. The van der Waals surface area contributed by atoms with Crippen LogP contribution >= 0.6 is 0 Å². The lowest BCUT2D eigenvalue weighted by Crippen LogP contribution is -2.05. The van der Waals surface area contributed by atoms with Crippen LogP contribution in [0.15, 0.2) is 6.20 Å².